The highest BCUT2D eigenvalue weighted by Crippen LogP contribution is 2.21. The number of nitrogens with two attached hydrogens (primary N) is 1. The normalized spacial score (nSPS) is 9.90. The molecule has 0 fully saturated rings. The van der Waals surface area contributed by atoms with Crippen LogP contribution in [0, 0.1) is 13.8 Å². The highest BCUT2D eigenvalue weighted by atomic mass is 35.5. The van der Waals surface area contributed by atoms with E-state index in [1.165, 1.54) is 0 Å². The lowest BCUT2D eigenvalue weighted by Crippen LogP contribution is -1.88. The van der Waals surface area contributed by atoms with Gasteiger partial charge in [-0.3, -0.25) is 0 Å². The van der Waals surface area contributed by atoms with E-state index < -0.39 is 0 Å². The highest BCUT2D eigenvalue weighted by Gasteiger charge is 1.98. The zero-order valence-corrected chi connectivity index (χ0v) is 6.87. The van der Waals surface area contributed by atoms with Crippen LogP contribution in [0.3, 0.4) is 0 Å². The number of hydrogen-bond donors (Lipinski definition) is 1. The summed E-state index contributed by atoms with van der Waals surface area (Å²) in [6.45, 7) is 3.98. The molecule has 10 heavy (non-hydrogen) atoms. The van der Waals surface area contributed by atoms with Crippen LogP contribution in [0.2, 0.25) is 5.02 Å². The molecule has 0 bridgehead atoms. The number of rotatable bonds is 0. The van der Waals surface area contributed by atoms with Gasteiger partial charge in [0.25, 0.3) is 0 Å². The van der Waals surface area contributed by atoms with Gasteiger partial charge in [-0.15, -0.1) is 0 Å². The van der Waals surface area contributed by atoms with Crippen molar-refractivity contribution in [2.24, 2.45) is 0 Å². The minimum absolute atomic E-state index is 0.730. The molecule has 0 aliphatic rings. The van der Waals surface area contributed by atoms with Crippen LogP contribution in [-0.4, -0.2) is 0 Å². The summed E-state index contributed by atoms with van der Waals surface area (Å²) >= 11 is 5.84. The molecule has 1 aromatic rings. The van der Waals surface area contributed by atoms with Crippen molar-refractivity contribution >= 4 is 17.3 Å². The smallest absolute Gasteiger partial charge is 0.0458 e. The van der Waals surface area contributed by atoms with Crippen LogP contribution in [0.15, 0.2) is 12.1 Å². The fourth-order valence-corrected chi connectivity index (χ4v) is 1.12. The van der Waals surface area contributed by atoms with Crippen LogP contribution in [0.4, 0.5) is 5.69 Å². The van der Waals surface area contributed by atoms with E-state index in [1.807, 2.05) is 19.9 Å². The van der Waals surface area contributed by atoms with Gasteiger partial charge in [0.15, 0.2) is 0 Å². The molecule has 0 unspecified atom stereocenters. The summed E-state index contributed by atoms with van der Waals surface area (Å²) < 4.78 is 0. The Hall–Kier alpha value is -0.690. The molecule has 0 aliphatic carbocycles. The second-order valence-electron chi connectivity index (χ2n) is 2.44. The Morgan fingerprint density at radius 1 is 1.30 bits per heavy atom. The summed E-state index contributed by atoms with van der Waals surface area (Å²) in [5.41, 5.74) is 8.52. The van der Waals surface area contributed by atoms with Crippen LogP contribution >= 0.6 is 11.6 Å². The summed E-state index contributed by atoms with van der Waals surface area (Å²) in [5.74, 6) is 0. The van der Waals surface area contributed by atoms with E-state index >= 15 is 0 Å². The van der Waals surface area contributed by atoms with Gasteiger partial charge in [-0.05, 0) is 37.1 Å². The molecule has 0 atom stereocenters. The molecule has 2 N–H and O–H groups in total. The Bertz CT molecular complexity index is 232. The fraction of sp³-hybridized carbons (Fsp3) is 0.250. The second-order valence-corrected chi connectivity index (χ2v) is 2.85. The molecular formula is C8H10ClN. The van der Waals surface area contributed by atoms with Gasteiger partial charge in [0, 0.05) is 10.7 Å². The molecule has 0 aromatic heterocycles. The maximum Gasteiger partial charge on any atom is 0.0458 e. The van der Waals surface area contributed by atoms with E-state index in [-0.39, 0.29) is 0 Å². The quantitative estimate of drug-likeness (QED) is 0.573. The second kappa shape index (κ2) is 2.51. The summed E-state index contributed by atoms with van der Waals surface area (Å²) in [4.78, 5) is 0. The molecular weight excluding hydrogens is 146 g/mol. The van der Waals surface area contributed by atoms with E-state index in [0.717, 1.165) is 21.8 Å². The molecule has 0 aliphatic heterocycles. The number of halogens is 1. The number of benzene rings is 1. The van der Waals surface area contributed by atoms with E-state index in [9.17, 15) is 0 Å². The molecule has 1 aromatic carbocycles. The van der Waals surface area contributed by atoms with E-state index in [4.69, 9.17) is 17.3 Å². The van der Waals surface area contributed by atoms with Gasteiger partial charge >= 0.3 is 0 Å². The first kappa shape index (κ1) is 7.42. The molecule has 54 valence electrons. The Morgan fingerprint density at radius 3 is 2.40 bits per heavy atom. The van der Waals surface area contributed by atoms with Crippen LogP contribution < -0.4 is 5.73 Å². The van der Waals surface area contributed by atoms with E-state index in [0.29, 0.717) is 0 Å². The van der Waals surface area contributed by atoms with Crippen molar-refractivity contribution in [2.75, 3.05) is 5.73 Å². The van der Waals surface area contributed by atoms with Gasteiger partial charge in [0.2, 0.25) is 0 Å². The lowest BCUT2D eigenvalue weighted by Gasteiger charge is -2.02. The molecule has 0 amide bonds. The van der Waals surface area contributed by atoms with Gasteiger partial charge in [-0.1, -0.05) is 11.6 Å². The predicted molar refractivity (Wildman–Crippen MR) is 45.3 cm³/mol. The summed E-state index contributed by atoms with van der Waals surface area (Å²) in [6.07, 6.45) is 0. The maximum atomic E-state index is 5.84. The Morgan fingerprint density at radius 2 is 1.90 bits per heavy atom. The third-order valence-corrected chi connectivity index (χ3v) is 2.02. The third-order valence-electron chi connectivity index (χ3n) is 1.63. The van der Waals surface area contributed by atoms with Crippen molar-refractivity contribution in [1.29, 1.82) is 0 Å². The van der Waals surface area contributed by atoms with Gasteiger partial charge < -0.3 is 5.73 Å². The number of anilines is 1. The SMILES string of the molecule is Cc1cc(N)cc(Cl)c1C. The average Bonchev–Trinajstić information content (AvgIpc) is 1.82. The molecule has 0 spiro atoms. The first-order valence-electron chi connectivity index (χ1n) is 3.13. The standard InChI is InChI=1S/C8H10ClN/c1-5-3-7(10)4-8(9)6(5)2/h3-4H,10H2,1-2H3. The van der Waals surface area contributed by atoms with Crippen molar-refractivity contribution in [3.8, 4) is 0 Å². The highest BCUT2D eigenvalue weighted by molar-refractivity contribution is 6.31. The van der Waals surface area contributed by atoms with Crippen molar-refractivity contribution < 1.29 is 0 Å². The van der Waals surface area contributed by atoms with Crippen molar-refractivity contribution in [2.45, 2.75) is 13.8 Å². The molecule has 2 heteroatoms. The van der Waals surface area contributed by atoms with Crippen molar-refractivity contribution in [3.05, 3.63) is 28.3 Å². The third kappa shape index (κ3) is 1.24. The van der Waals surface area contributed by atoms with Gasteiger partial charge in [-0.2, -0.15) is 0 Å². The molecule has 0 saturated carbocycles. The van der Waals surface area contributed by atoms with Crippen LogP contribution in [0.25, 0.3) is 0 Å². The van der Waals surface area contributed by atoms with E-state index in [2.05, 4.69) is 0 Å². The van der Waals surface area contributed by atoms with Gasteiger partial charge in [0.05, 0.1) is 0 Å². The molecule has 0 saturated heterocycles. The minimum Gasteiger partial charge on any atom is -0.399 e. The Balaban J connectivity index is 3.31. The zero-order valence-electron chi connectivity index (χ0n) is 6.11. The van der Waals surface area contributed by atoms with Gasteiger partial charge in [-0.25, -0.2) is 0 Å². The van der Waals surface area contributed by atoms with Gasteiger partial charge in [0.1, 0.15) is 0 Å². The topological polar surface area (TPSA) is 26.0 Å². The molecule has 1 rings (SSSR count). The van der Waals surface area contributed by atoms with Crippen LogP contribution in [-0.2, 0) is 0 Å². The minimum atomic E-state index is 0.730. The van der Waals surface area contributed by atoms with Crippen molar-refractivity contribution in [1.82, 2.24) is 0 Å². The summed E-state index contributed by atoms with van der Waals surface area (Å²) in [7, 11) is 0. The summed E-state index contributed by atoms with van der Waals surface area (Å²) in [5, 5.41) is 0.748. The van der Waals surface area contributed by atoms with Crippen molar-refractivity contribution in [3.63, 3.8) is 0 Å². The molecule has 0 radical (unpaired) electrons. The Kier molecular flexibility index (Phi) is 1.86. The zero-order chi connectivity index (χ0) is 7.72. The number of nitrogen functional groups attached to an aromatic ring is 1. The largest absolute Gasteiger partial charge is 0.399 e. The summed E-state index contributed by atoms with van der Waals surface area (Å²) in [6, 6.07) is 3.69. The lowest BCUT2D eigenvalue weighted by molar-refractivity contribution is 1.34. The first-order valence-corrected chi connectivity index (χ1v) is 3.51. The maximum absolute atomic E-state index is 5.84. The number of aryl methyl sites for hydroxylation is 1. The van der Waals surface area contributed by atoms with Crippen LogP contribution in [0.1, 0.15) is 11.1 Å². The van der Waals surface area contributed by atoms with Crippen LogP contribution in [0.5, 0.6) is 0 Å². The lowest BCUT2D eigenvalue weighted by atomic mass is 10.1. The first-order chi connectivity index (χ1) is 4.61. The fourth-order valence-electron chi connectivity index (χ4n) is 0.843. The Labute approximate surface area is 65.8 Å². The average molecular weight is 156 g/mol. The monoisotopic (exact) mass is 155 g/mol. The molecule has 1 nitrogen and oxygen atoms in total. The predicted octanol–water partition coefficient (Wildman–Crippen LogP) is 2.54. The number of hydrogen-bond acceptors (Lipinski definition) is 1. The van der Waals surface area contributed by atoms with E-state index in [1.54, 1.807) is 6.07 Å². The molecule has 0 heterocycles.